The predicted molar refractivity (Wildman–Crippen MR) is 61.9 cm³/mol. The summed E-state index contributed by atoms with van der Waals surface area (Å²) in [5, 5.41) is 0.615. The Hall–Kier alpha value is 0.390. The Kier molecular flexibility index (Phi) is 3.55. The third-order valence-corrected chi connectivity index (χ3v) is 3.81. The minimum Gasteiger partial charge on any atom is -0.294 e. The zero-order chi connectivity index (χ0) is 9.30. The second kappa shape index (κ2) is 4.07. The molecule has 1 rings (SSSR count). The van der Waals surface area contributed by atoms with Gasteiger partial charge < -0.3 is 0 Å². The van der Waals surface area contributed by atoms with Gasteiger partial charge in [-0.25, -0.2) is 0 Å². The molecule has 4 heteroatoms. The molecule has 0 aliphatic carbocycles. The van der Waals surface area contributed by atoms with Crippen molar-refractivity contribution in [1.29, 1.82) is 0 Å². The highest BCUT2D eigenvalue weighted by atomic mass is 127. The first-order valence-electron chi connectivity index (χ1n) is 3.18. The molecule has 0 fully saturated rings. The molecule has 1 nitrogen and oxygen atoms in total. The van der Waals surface area contributed by atoms with Gasteiger partial charge in [-0.15, -0.1) is 0 Å². The summed E-state index contributed by atoms with van der Waals surface area (Å²) in [6.45, 7) is 1.53. The SMILES string of the molecule is CC(=O)c1c(Br)ccc(Cl)c1I. The number of carbonyl (C=O) groups is 1. The van der Waals surface area contributed by atoms with Crippen molar-refractivity contribution in [2.75, 3.05) is 0 Å². The van der Waals surface area contributed by atoms with Crippen molar-refractivity contribution in [2.24, 2.45) is 0 Å². The number of halogens is 3. The largest absolute Gasteiger partial charge is 0.294 e. The highest BCUT2D eigenvalue weighted by Gasteiger charge is 2.11. The molecule has 0 aromatic heterocycles. The lowest BCUT2D eigenvalue weighted by Crippen LogP contribution is -1.97. The van der Waals surface area contributed by atoms with Crippen molar-refractivity contribution < 1.29 is 4.79 Å². The molecule has 12 heavy (non-hydrogen) atoms. The first-order valence-corrected chi connectivity index (χ1v) is 5.43. The van der Waals surface area contributed by atoms with E-state index in [4.69, 9.17) is 11.6 Å². The summed E-state index contributed by atoms with van der Waals surface area (Å²) < 4.78 is 1.60. The van der Waals surface area contributed by atoms with Crippen LogP contribution in [-0.4, -0.2) is 5.78 Å². The normalized spacial score (nSPS) is 10.0. The monoisotopic (exact) mass is 358 g/mol. The van der Waals surface area contributed by atoms with Gasteiger partial charge in [0.05, 0.1) is 5.02 Å². The van der Waals surface area contributed by atoms with Crippen LogP contribution >= 0.6 is 50.1 Å². The number of rotatable bonds is 1. The van der Waals surface area contributed by atoms with Crippen molar-refractivity contribution >= 4 is 55.9 Å². The quantitative estimate of drug-likeness (QED) is 0.422. The fourth-order valence-corrected chi connectivity index (χ4v) is 2.84. The van der Waals surface area contributed by atoms with Gasteiger partial charge in [-0.1, -0.05) is 27.5 Å². The topological polar surface area (TPSA) is 17.1 Å². The third kappa shape index (κ3) is 2.00. The van der Waals surface area contributed by atoms with Crippen molar-refractivity contribution in [3.8, 4) is 0 Å². The molecule has 0 unspecified atom stereocenters. The van der Waals surface area contributed by atoms with Crippen LogP contribution in [0.4, 0.5) is 0 Å². The number of ketones is 1. The average Bonchev–Trinajstić information content (AvgIpc) is 1.97. The van der Waals surface area contributed by atoms with E-state index >= 15 is 0 Å². The van der Waals surface area contributed by atoms with Crippen molar-refractivity contribution in [2.45, 2.75) is 6.92 Å². The molecular weight excluding hydrogens is 354 g/mol. The fraction of sp³-hybridized carbons (Fsp3) is 0.125. The van der Waals surface area contributed by atoms with E-state index in [1.165, 1.54) is 6.92 Å². The summed E-state index contributed by atoms with van der Waals surface area (Å²) in [4.78, 5) is 11.1. The average molecular weight is 359 g/mol. The molecule has 0 atom stereocenters. The summed E-state index contributed by atoms with van der Waals surface area (Å²) in [7, 11) is 0. The summed E-state index contributed by atoms with van der Waals surface area (Å²) in [6.07, 6.45) is 0. The van der Waals surface area contributed by atoms with Crippen LogP contribution in [-0.2, 0) is 0 Å². The van der Waals surface area contributed by atoms with Gasteiger partial charge in [0, 0.05) is 13.6 Å². The van der Waals surface area contributed by atoms with E-state index in [0.717, 1.165) is 8.04 Å². The maximum Gasteiger partial charge on any atom is 0.162 e. The minimum absolute atomic E-state index is 0.0220. The van der Waals surface area contributed by atoms with Gasteiger partial charge >= 0.3 is 0 Å². The van der Waals surface area contributed by atoms with Crippen LogP contribution in [0.15, 0.2) is 16.6 Å². The fourth-order valence-electron chi connectivity index (χ4n) is 0.850. The van der Waals surface area contributed by atoms with Gasteiger partial charge in [-0.3, -0.25) is 4.79 Å². The summed E-state index contributed by atoms with van der Waals surface area (Å²) in [6, 6.07) is 3.54. The van der Waals surface area contributed by atoms with Crippen LogP contribution in [0.5, 0.6) is 0 Å². The molecule has 0 aliphatic rings. The lowest BCUT2D eigenvalue weighted by Gasteiger charge is -2.04. The molecule has 0 amide bonds. The van der Waals surface area contributed by atoms with Gasteiger partial charge in [0.15, 0.2) is 5.78 Å². The number of benzene rings is 1. The van der Waals surface area contributed by atoms with Gasteiger partial charge in [-0.05, 0) is 41.6 Å². The van der Waals surface area contributed by atoms with E-state index in [2.05, 4.69) is 38.5 Å². The Balaban J connectivity index is 3.43. The third-order valence-electron chi connectivity index (χ3n) is 1.40. The smallest absolute Gasteiger partial charge is 0.162 e. The first-order chi connectivity index (χ1) is 5.54. The molecule has 0 spiro atoms. The van der Waals surface area contributed by atoms with Gasteiger partial charge in [0.2, 0.25) is 0 Å². The van der Waals surface area contributed by atoms with E-state index in [0.29, 0.717) is 10.6 Å². The highest BCUT2D eigenvalue weighted by molar-refractivity contribution is 14.1. The second-order valence-corrected chi connectivity index (χ2v) is 4.61. The highest BCUT2D eigenvalue weighted by Crippen LogP contribution is 2.28. The predicted octanol–water partition coefficient (Wildman–Crippen LogP) is 3.91. The van der Waals surface area contributed by atoms with Crippen molar-refractivity contribution in [3.63, 3.8) is 0 Å². The van der Waals surface area contributed by atoms with E-state index < -0.39 is 0 Å². The second-order valence-electron chi connectivity index (χ2n) is 2.27. The lowest BCUT2D eigenvalue weighted by atomic mass is 10.1. The molecule has 1 aromatic carbocycles. The molecular formula is C8H5BrClIO. The van der Waals surface area contributed by atoms with Crippen LogP contribution in [0.25, 0.3) is 0 Å². The molecule has 64 valence electrons. The first kappa shape index (κ1) is 10.5. The van der Waals surface area contributed by atoms with Crippen LogP contribution in [0.1, 0.15) is 17.3 Å². The van der Waals surface area contributed by atoms with Crippen LogP contribution in [0, 0.1) is 3.57 Å². The standard InChI is InChI=1S/C8H5BrClIO/c1-4(12)7-5(9)2-3-6(10)8(7)11/h2-3H,1H3. The van der Waals surface area contributed by atoms with E-state index in [1.54, 1.807) is 12.1 Å². The number of hydrogen-bond donors (Lipinski definition) is 0. The summed E-state index contributed by atoms with van der Waals surface area (Å²) >= 11 is 11.2. The van der Waals surface area contributed by atoms with Crippen LogP contribution in [0.3, 0.4) is 0 Å². The maximum absolute atomic E-state index is 11.1. The van der Waals surface area contributed by atoms with E-state index in [-0.39, 0.29) is 5.78 Å². The van der Waals surface area contributed by atoms with Gasteiger partial charge in [0.25, 0.3) is 0 Å². The molecule has 1 aromatic rings. The minimum atomic E-state index is 0.0220. The zero-order valence-corrected chi connectivity index (χ0v) is 10.7. The summed E-state index contributed by atoms with van der Waals surface area (Å²) in [5.74, 6) is 0.0220. The number of carbonyl (C=O) groups excluding carboxylic acids is 1. The van der Waals surface area contributed by atoms with Crippen LogP contribution < -0.4 is 0 Å². The van der Waals surface area contributed by atoms with E-state index in [9.17, 15) is 4.79 Å². The van der Waals surface area contributed by atoms with E-state index in [1.807, 2.05) is 0 Å². The Morgan fingerprint density at radius 1 is 1.58 bits per heavy atom. The Morgan fingerprint density at radius 3 is 2.58 bits per heavy atom. The van der Waals surface area contributed by atoms with Crippen LogP contribution in [0.2, 0.25) is 5.02 Å². The lowest BCUT2D eigenvalue weighted by molar-refractivity contribution is 0.101. The molecule has 0 radical (unpaired) electrons. The summed E-state index contributed by atoms with van der Waals surface area (Å²) in [5.41, 5.74) is 0.656. The molecule has 0 aliphatic heterocycles. The van der Waals surface area contributed by atoms with Gasteiger partial charge in [-0.2, -0.15) is 0 Å². The molecule has 0 N–H and O–H groups in total. The Labute approximate surface area is 97.8 Å². The molecule has 0 heterocycles. The van der Waals surface area contributed by atoms with Gasteiger partial charge in [0.1, 0.15) is 0 Å². The molecule has 0 saturated heterocycles. The number of hydrogen-bond acceptors (Lipinski definition) is 1. The Bertz CT molecular complexity index is 338. The number of Topliss-reactive ketones (excluding diaryl/α,β-unsaturated/α-hetero) is 1. The Morgan fingerprint density at radius 2 is 2.17 bits per heavy atom. The molecule has 0 bridgehead atoms. The zero-order valence-electron chi connectivity index (χ0n) is 6.20. The maximum atomic E-state index is 11.1. The van der Waals surface area contributed by atoms with Crippen molar-refractivity contribution in [1.82, 2.24) is 0 Å². The van der Waals surface area contributed by atoms with Crippen molar-refractivity contribution in [3.05, 3.63) is 30.8 Å². The molecule has 0 saturated carbocycles.